The standard InChI is InChI=1S/C20H26N4O2S/c1-12-8-13(2)17-16(9-12)27-20(21-17)22-18(25)15-10-24(11-15)19(26)14-4-6-23(3)7-5-14/h8-9,14-15H,4-7,10-11H2,1-3H3,(H,21,22,25). The maximum absolute atomic E-state index is 12.6. The highest BCUT2D eigenvalue weighted by Crippen LogP contribution is 2.30. The summed E-state index contributed by atoms with van der Waals surface area (Å²) in [6, 6.07) is 4.20. The fourth-order valence-electron chi connectivity index (χ4n) is 3.97. The second-order valence-electron chi connectivity index (χ2n) is 7.95. The molecule has 2 aliphatic heterocycles. The molecule has 0 spiro atoms. The zero-order chi connectivity index (χ0) is 19.1. The van der Waals surface area contributed by atoms with Crippen molar-refractivity contribution < 1.29 is 9.59 Å². The quantitative estimate of drug-likeness (QED) is 0.881. The summed E-state index contributed by atoms with van der Waals surface area (Å²) in [4.78, 5) is 33.8. The monoisotopic (exact) mass is 386 g/mol. The van der Waals surface area contributed by atoms with Gasteiger partial charge in [0.05, 0.1) is 16.1 Å². The van der Waals surface area contributed by atoms with Crippen LogP contribution < -0.4 is 5.32 Å². The van der Waals surface area contributed by atoms with E-state index in [2.05, 4.69) is 41.3 Å². The van der Waals surface area contributed by atoms with E-state index in [1.54, 1.807) is 0 Å². The molecule has 144 valence electrons. The number of anilines is 1. The molecule has 2 aliphatic rings. The molecule has 0 atom stereocenters. The fourth-order valence-corrected chi connectivity index (χ4v) is 5.01. The van der Waals surface area contributed by atoms with Gasteiger partial charge >= 0.3 is 0 Å². The molecule has 2 amide bonds. The topological polar surface area (TPSA) is 65.5 Å². The third-order valence-electron chi connectivity index (χ3n) is 5.69. The minimum atomic E-state index is -0.130. The Morgan fingerprint density at radius 1 is 1.15 bits per heavy atom. The largest absolute Gasteiger partial charge is 0.341 e. The number of hydrogen-bond acceptors (Lipinski definition) is 5. The van der Waals surface area contributed by atoms with Gasteiger partial charge in [0, 0.05) is 19.0 Å². The predicted octanol–water partition coefficient (Wildman–Crippen LogP) is 2.65. The van der Waals surface area contributed by atoms with Crippen molar-refractivity contribution in [1.82, 2.24) is 14.8 Å². The Labute approximate surface area is 163 Å². The fraction of sp³-hybridized carbons (Fsp3) is 0.550. The molecule has 0 aliphatic carbocycles. The molecule has 4 rings (SSSR count). The first-order valence-electron chi connectivity index (χ1n) is 9.56. The molecule has 1 N–H and O–H groups in total. The van der Waals surface area contributed by atoms with Gasteiger partial charge in [-0.15, -0.1) is 0 Å². The van der Waals surface area contributed by atoms with Crippen molar-refractivity contribution in [2.75, 3.05) is 38.5 Å². The summed E-state index contributed by atoms with van der Waals surface area (Å²) in [6.45, 7) is 7.11. The molecular formula is C20H26N4O2S. The van der Waals surface area contributed by atoms with Crippen LogP contribution >= 0.6 is 11.3 Å². The van der Waals surface area contributed by atoms with Gasteiger partial charge in [0.25, 0.3) is 0 Å². The van der Waals surface area contributed by atoms with E-state index in [1.807, 2.05) is 11.8 Å². The number of thiazole rings is 1. The normalized spacial score (nSPS) is 19.3. The van der Waals surface area contributed by atoms with Crippen LogP contribution in [-0.2, 0) is 9.59 Å². The highest BCUT2D eigenvalue weighted by molar-refractivity contribution is 7.22. The lowest BCUT2D eigenvalue weighted by atomic mass is 9.91. The van der Waals surface area contributed by atoms with Crippen LogP contribution in [0.1, 0.15) is 24.0 Å². The molecule has 3 heterocycles. The predicted molar refractivity (Wildman–Crippen MR) is 108 cm³/mol. The zero-order valence-corrected chi connectivity index (χ0v) is 16.9. The van der Waals surface area contributed by atoms with Crippen LogP contribution in [0.25, 0.3) is 10.2 Å². The summed E-state index contributed by atoms with van der Waals surface area (Å²) in [7, 11) is 2.09. The Balaban J connectivity index is 1.33. The molecule has 7 heteroatoms. The Kier molecular flexibility index (Phi) is 4.90. The molecule has 0 unspecified atom stereocenters. The summed E-state index contributed by atoms with van der Waals surface area (Å²) in [5, 5.41) is 3.59. The van der Waals surface area contributed by atoms with E-state index >= 15 is 0 Å². The lowest BCUT2D eigenvalue weighted by Crippen LogP contribution is -2.56. The van der Waals surface area contributed by atoms with E-state index in [0.717, 1.165) is 41.7 Å². The number of fused-ring (bicyclic) bond motifs is 1. The van der Waals surface area contributed by atoms with Gasteiger partial charge in [0.1, 0.15) is 0 Å². The van der Waals surface area contributed by atoms with Gasteiger partial charge in [-0.1, -0.05) is 17.4 Å². The highest BCUT2D eigenvalue weighted by atomic mass is 32.1. The van der Waals surface area contributed by atoms with Gasteiger partial charge in [0.15, 0.2) is 5.13 Å². The van der Waals surface area contributed by atoms with Crippen molar-refractivity contribution in [3.8, 4) is 0 Å². The Bertz CT molecular complexity index is 879. The molecule has 0 bridgehead atoms. The van der Waals surface area contributed by atoms with E-state index in [1.165, 1.54) is 16.9 Å². The first kappa shape index (κ1) is 18.4. The number of benzene rings is 1. The molecule has 6 nitrogen and oxygen atoms in total. The van der Waals surface area contributed by atoms with Crippen molar-refractivity contribution in [2.45, 2.75) is 26.7 Å². The maximum Gasteiger partial charge on any atom is 0.232 e. The number of nitrogens with one attached hydrogen (secondary N) is 1. The summed E-state index contributed by atoms with van der Waals surface area (Å²) < 4.78 is 1.09. The first-order valence-corrected chi connectivity index (χ1v) is 10.4. The number of rotatable bonds is 3. The molecule has 2 saturated heterocycles. The number of nitrogens with zero attached hydrogens (tertiary/aromatic N) is 3. The van der Waals surface area contributed by atoms with Crippen molar-refractivity contribution in [3.63, 3.8) is 0 Å². The van der Waals surface area contributed by atoms with Crippen molar-refractivity contribution >= 4 is 38.5 Å². The molecule has 1 aromatic heterocycles. The number of carbonyl (C=O) groups is 2. The first-order chi connectivity index (χ1) is 12.9. The lowest BCUT2D eigenvalue weighted by Gasteiger charge is -2.41. The second-order valence-corrected chi connectivity index (χ2v) is 8.99. The van der Waals surface area contributed by atoms with Gasteiger partial charge in [-0.2, -0.15) is 0 Å². The molecule has 0 radical (unpaired) electrons. The summed E-state index contributed by atoms with van der Waals surface area (Å²) in [5.74, 6) is 0.185. The van der Waals surface area contributed by atoms with Crippen LogP contribution in [0.2, 0.25) is 0 Å². The number of hydrogen-bond donors (Lipinski definition) is 1. The smallest absolute Gasteiger partial charge is 0.232 e. The van der Waals surface area contributed by atoms with Crippen LogP contribution in [0, 0.1) is 25.7 Å². The number of aromatic nitrogens is 1. The minimum absolute atomic E-state index is 0.0316. The van der Waals surface area contributed by atoms with Gasteiger partial charge in [-0.25, -0.2) is 4.98 Å². The van der Waals surface area contributed by atoms with Crippen molar-refractivity contribution in [3.05, 3.63) is 23.3 Å². The van der Waals surface area contributed by atoms with E-state index in [0.29, 0.717) is 18.2 Å². The van der Waals surface area contributed by atoms with Gasteiger partial charge in [-0.3, -0.25) is 9.59 Å². The average Bonchev–Trinajstić information content (AvgIpc) is 2.96. The Morgan fingerprint density at radius 3 is 2.56 bits per heavy atom. The number of piperidine rings is 1. The van der Waals surface area contributed by atoms with E-state index in [4.69, 9.17) is 0 Å². The van der Waals surface area contributed by atoms with Crippen molar-refractivity contribution in [2.24, 2.45) is 11.8 Å². The molecule has 2 aromatic rings. The number of likely N-dealkylation sites (tertiary alicyclic amines) is 2. The highest BCUT2D eigenvalue weighted by Gasteiger charge is 2.39. The Morgan fingerprint density at radius 2 is 1.85 bits per heavy atom. The average molecular weight is 387 g/mol. The van der Waals surface area contributed by atoms with Crippen LogP contribution in [0.3, 0.4) is 0 Å². The van der Waals surface area contributed by atoms with Gasteiger partial charge in [0.2, 0.25) is 11.8 Å². The van der Waals surface area contributed by atoms with Gasteiger partial charge < -0.3 is 15.1 Å². The summed E-state index contributed by atoms with van der Waals surface area (Å²) in [6.07, 6.45) is 1.85. The molecular weight excluding hydrogens is 360 g/mol. The third-order valence-corrected chi connectivity index (χ3v) is 6.61. The third kappa shape index (κ3) is 3.71. The summed E-state index contributed by atoms with van der Waals surface area (Å²) >= 11 is 1.51. The van der Waals surface area contributed by atoms with E-state index in [-0.39, 0.29) is 23.7 Å². The number of amides is 2. The molecule has 0 saturated carbocycles. The van der Waals surface area contributed by atoms with E-state index < -0.39 is 0 Å². The van der Waals surface area contributed by atoms with E-state index in [9.17, 15) is 9.59 Å². The number of aryl methyl sites for hydroxylation is 2. The van der Waals surface area contributed by atoms with Gasteiger partial charge in [-0.05, 0) is 64.0 Å². The summed E-state index contributed by atoms with van der Waals surface area (Å²) in [5.41, 5.74) is 3.28. The Hall–Kier alpha value is -1.99. The lowest BCUT2D eigenvalue weighted by molar-refractivity contribution is -0.146. The van der Waals surface area contributed by atoms with Crippen LogP contribution in [-0.4, -0.2) is 59.8 Å². The van der Waals surface area contributed by atoms with Crippen LogP contribution in [0.15, 0.2) is 12.1 Å². The van der Waals surface area contributed by atoms with Crippen LogP contribution in [0.4, 0.5) is 5.13 Å². The van der Waals surface area contributed by atoms with Crippen molar-refractivity contribution in [1.29, 1.82) is 0 Å². The maximum atomic E-state index is 12.6. The minimum Gasteiger partial charge on any atom is -0.341 e. The SMILES string of the molecule is Cc1cc(C)c2nc(NC(=O)C3CN(C(=O)C4CCN(C)CC4)C3)sc2c1. The molecule has 27 heavy (non-hydrogen) atoms. The second kappa shape index (κ2) is 7.20. The zero-order valence-electron chi connectivity index (χ0n) is 16.1. The molecule has 1 aromatic carbocycles. The number of carbonyl (C=O) groups excluding carboxylic acids is 2. The van der Waals surface area contributed by atoms with Crippen LogP contribution in [0.5, 0.6) is 0 Å². The molecule has 2 fully saturated rings.